The van der Waals surface area contributed by atoms with Crippen molar-refractivity contribution >= 4 is 36.4 Å². The van der Waals surface area contributed by atoms with E-state index in [1.807, 2.05) is 43.5 Å². The van der Waals surface area contributed by atoms with Gasteiger partial charge in [-0.3, -0.25) is 9.78 Å². The number of nitrogens with zero attached hydrogens (tertiary/aromatic N) is 1. The predicted molar refractivity (Wildman–Crippen MR) is 103 cm³/mol. The van der Waals surface area contributed by atoms with Gasteiger partial charge in [0.1, 0.15) is 0 Å². The van der Waals surface area contributed by atoms with Crippen LogP contribution in [-0.4, -0.2) is 30.5 Å². The normalized spacial score (nSPS) is 9.42. The highest BCUT2D eigenvalue weighted by atomic mass is 35.5. The predicted octanol–water partition coefficient (Wildman–Crippen LogP) is 2.58. The number of hydrogen-bond acceptors (Lipinski definition) is 4. The number of halogens is 2. The van der Waals surface area contributed by atoms with Gasteiger partial charge in [0.25, 0.3) is 5.91 Å². The summed E-state index contributed by atoms with van der Waals surface area (Å²) in [5.41, 5.74) is 9.45. The van der Waals surface area contributed by atoms with Gasteiger partial charge in [0.05, 0.1) is 0 Å². The molecule has 0 fully saturated rings. The van der Waals surface area contributed by atoms with Gasteiger partial charge in [0.2, 0.25) is 0 Å². The molecule has 1 aromatic heterocycles. The zero-order chi connectivity index (χ0) is 15.8. The highest BCUT2D eigenvalue weighted by Gasteiger charge is 2.04. The summed E-state index contributed by atoms with van der Waals surface area (Å²) >= 11 is 0. The molecule has 132 valence electrons. The zero-order valence-corrected chi connectivity index (χ0v) is 15.3. The summed E-state index contributed by atoms with van der Waals surface area (Å²) in [6.07, 6.45) is 4.39. The zero-order valence-electron chi connectivity index (χ0n) is 13.6. The van der Waals surface area contributed by atoms with Gasteiger partial charge in [-0.1, -0.05) is 12.1 Å². The SMILES string of the molecule is Cc1cnccc1NCCNC(=O)c1ccc(CCN)cc1.Cl.Cl. The maximum Gasteiger partial charge on any atom is 0.251 e. The minimum atomic E-state index is -0.0625. The molecule has 7 heteroatoms. The molecule has 0 aliphatic rings. The van der Waals surface area contributed by atoms with Gasteiger partial charge < -0.3 is 16.4 Å². The molecule has 5 nitrogen and oxygen atoms in total. The number of rotatable bonds is 7. The molecule has 1 aromatic carbocycles. The van der Waals surface area contributed by atoms with Gasteiger partial charge in [-0.25, -0.2) is 0 Å². The first-order chi connectivity index (χ1) is 10.7. The highest BCUT2D eigenvalue weighted by molar-refractivity contribution is 5.94. The van der Waals surface area contributed by atoms with Crippen molar-refractivity contribution in [2.45, 2.75) is 13.3 Å². The van der Waals surface area contributed by atoms with Crippen molar-refractivity contribution in [2.24, 2.45) is 5.73 Å². The number of carbonyl (C=O) groups excluding carboxylic acids is 1. The number of hydrogen-bond donors (Lipinski definition) is 3. The van der Waals surface area contributed by atoms with Crippen molar-refractivity contribution in [3.63, 3.8) is 0 Å². The fourth-order valence-electron chi connectivity index (χ4n) is 2.14. The second-order valence-electron chi connectivity index (χ2n) is 5.11. The van der Waals surface area contributed by atoms with Crippen LogP contribution in [0.4, 0.5) is 5.69 Å². The van der Waals surface area contributed by atoms with Gasteiger partial charge in [-0.05, 0) is 49.2 Å². The first-order valence-corrected chi connectivity index (χ1v) is 7.42. The van der Waals surface area contributed by atoms with E-state index in [4.69, 9.17) is 5.73 Å². The van der Waals surface area contributed by atoms with Crippen molar-refractivity contribution in [3.05, 3.63) is 59.4 Å². The van der Waals surface area contributed by atoms with Crippen LogP contribution in [0.5, 0.6) is 0 Å². The molecule has 4 N–H and O–H groups in total. The van der Waals surface area contributed by atoms with Crippen molar-refractivity contribution in [3.8, 4) is 0 Å². The van der Waals surface area contributed by atoms with Crippen molar-refractivity contribution in [2.75, 3.05) is 25.0 Å². The molecule has 2 aromatic rings. The summed E-state index contributed by atoms with van der Waals surface area (Å²) in [6, 6.07) is 9.48. The van der Waals surface area contributed by atoms with E-state index in [1.54, 1.807) is 6.20 Å². The van der Waals surface area contributed by atoms with Gasteiger partial charge in [-0.15, -0.1) is 24.8 Å². The number of carbonyl (C=O) groups is 1. The quantitative estimate of drug-likeness (QED) is 0.654. The number of nitrogens with one attached hydrogen (secondary N) is 2. The molecular formula is C17H24Cl2N4O. The maximum absolute atomic E-state index is 12.0. The lowest BCUT2D eigenvalue weighted by Gasteiger charge is -2.10. The van der Waals surface area contributed by atoms with Crippen LogP contribution in [0.15, 0.2) is 42.7 Å². The third-order valence-corrected chi connectivity index (χ3v) is 3.40. The first-order valence-electron chi connectivity index (χ1n) is 7.42. The summed E-state index contributed by atoms with van der Waals surface area (Å²) in [5.74, 6) is -0.0625. The highest BCUT2D eigenvalue weighted by Crippen LogP contribution is 2.10. The molecule has 1 amide bonds. The van der Waals surface area contributed by atoms with Gasteiger partial charge >= 0.3 is 0 Å². The second kappa shape index (κ2) is 11.7. The van der Waals surface area contributed by atoms with E-state index in [0.717, 1.165) is 23.2 Å². The Morgan fingerprint density at radius 3 is 2.46 bits per heavy atom. The molecule has 1 heterocycles. The Hall–Kier alpha value is -1.82. The average molecular weight is 371 g/mol. The smallest absolute Gasteiger partial charge is 0.251 e. The van der Waals surface area contributed by atoms with E-state index in [1.165, 1.54) is 0 Å². The average Bonchev–Trinajstić information content (AvgIpc) is 2.54. The van der Waals surface area contributed by atoms with Crippen LogP contribution < -0.4 is 16.4 Å². The molecule has 0 aliphatic carbocycles. The van der Waals surface area contributed by atoms with Gasteiger partial charge in [-0.2, -0.15) is 0 Å². The van der Waals surface area contributed by atoms with E-state index in [-0.39, 0.29) is 30.7 Å². The standard InChI is InChI=1S/C17H22N4O.2ClH/c1-13-12-19-9-7-16(13)20-10-11-21-17(22)15-4-2-14(3-5-15)6-8-18;;/h2-5,7,9,12H,6,8,10-11,18H2,1H3,(H,19,20)(H,21,22);2*1H. The minimum absolute atomic E-state index is 0. The van der Waals surface area contributed by atoms with E-state index in [2.05, 4.69) is 15.6 Å². The first kappa shape index (κ1) is 22.2. The molecule has 0 radical (unpaired) electrons. The topological polar surface area (TPSA) is 80.0 Å². The van der Waals surface area contributed by atoms with Crippen LogP contribution in [0.2, 0.25) is 0 Å². The molecule has 0 spiro atoms. The Morgan fingerprint density at radius 1 is 1.12 bits per heavy atom. The molecule has 0 aliphatic heterocycles. The third kappa shape index (κ3) is 6.74. The van der Waals surface area contributed by atoms with Crippen molar-refractivity contribution in [1.82, 2.24) is 10.3 Å². The molecule has 24 heavy (non-hydrogen) atoms. The summed E-state index contributed by atoms with van der Waals surface area (Å²) in [7, 11) is 0. The summed E-state index contributed by atoms with van der Waals surface area (Å²) in [6.45, 7) is 3.84. The Morgan fingerprint density at radius 2 is 1.83 bits per heavy atom. The van der Waals surface area contributed by atoms with E-state index in [9.17, 15) is 4.79 Å². The number of pyridine rings is 1. The molecular weight excluding hydrogens is 347 g/mol. The van der Waals surface area contributed by atoms with E-state index in [0.29, 0.717) is 25.2 Å². The number of benzene rings is 1. The van der Waals surface area contributed by atoms with Crippen molar-refractivity contribution < 1.29 is 4.79 Å². The number of aromatic nitrogens is 1. The Balaban J connectivity index is 0.00000264. The van der Waals surface area contributed by atoms with Crippen LogP contribution in [0.3, 0.4) is 0 Å². The molecule has 0 bridgehead atoms. The van der Waals surface area contributed by atoms with E-state index >= 15 is 0 Å². The van der Waals surface area contributed by atoms with Crippen LogP contribution in [0.25, 0.3) is 0 Å². The number of anilines is 1. The number of amides is 1. The van der Waals surface area contributed by atoms with Crippen LogP contribution >= 0.6 is 24.8 Å². The van der Waals surface area contributed by atoms with Crippen LogP contribution in [0.1, 0.15) is 21.5 Å². The van der Waals surface area contributed by atoms with Crippen molar-refractivity contribution in [1.29, 1.82) is 0 Å². The van der Waals surface area contributed by atoms with E-state index < -0.39 is 0 Å². The van der Waals surface area contributed by atoms with Crippen LogP contribution in [-0.2, 0) is 6.42 Å². The molecule has 0 saturated heterocycles. The molecule has 2 rings (SSSR count). The number of nitrogens with two attached hydrogens (primary N) is 1. The Labute approximate surface area is 155 Å². The monoisotopic (exact) mass is 370 g/mol. The molecule has 0 unspecified atom stereocenters. The number of aryl methyl sites for hydroxylation is 1. The fourth-order valence-corrected chi connectivity index (χ4v) is 2.14. The van der Waals surface area contributed by atoms with Crippen LogP contribution in [0, 0.1) is 6.92 Å². The lowest BCUT2D eigenvalue weighted by Crippen LogP contribution is -2.28. The fraction of sp³-hybridized carbons (Fsp3) is 0.294. The largest absolute Gasteiger partial charge is 0.383 e. The lowest BCUT2D eigenvalue weighted by atomic mass is 10.1. The Kier molecular flexibility index (Phi) is 10.8. The molecule has 0 saturated carbocycles. The minimum Gasteiger partial charge on any atom is -0.383 e. The summed E-state index contributed by atoms with van der Waals surface area (Å²) in [4.78, 5) is 16.1. The third-order valence-electron chi connectivity index (χ3n) is 3.40. The summed E-state index contributed by atoms with van der Waals surface area (Å²) < 4.78 is 0. The lowest BCUT2D eigenvalue weighted by molar-refractivity contribution is 0.0955. The second-order valence-corrected chi connectivity index (χ2v) is 5.11. The Bertz CT molecular complexity index is 620. The molecule has 0 atom stereocenters. The maximum atomic E-state index is 12.0. The van der Waals surface area contributed by atoms with Gasteiger partial charge in [0.15, 0.2) is 0 Å². The van der Waals surface area contributed by atoms with Gasteiger partial charge in [0, 0.05) is 36.7 Å². The summed E-state index contributed by atoms with van der Waals surface area (Å²) in [5, 5.41) is 6.18.